The number of hydrogen-bond acceptors (Lipinski definition) is 5. The van der Waals surface area contributed by atoms with E-state index in [0.29, 0.717) is 0 Å². The Morgan fingerprint density at radius 1 is 1.85 bits per heavy atom. The first-order valence-electron chi connectivity index (χ1n) is 3.81. The van der Waals surface area contributed by atoms with Crippen LogP contribution in [-0.4, -0.2) is 34.1 Å². The number of aliphatic imine (C=N–C) groups is 1. The third-order valence-corrected chi connectivity index (χ3v) is 1.94. The van der Waals surface area contributed by atoms with Crippen LogP contribution in [0.3, 0.4) is 0 Å². The van der Waals surface area contributed by atoms with Crippen molar-refractivity contribution in [3.63, 3.8) is 0 Å². The minimum absolute atomic E-state index is 0.641. The van der Waals surface area contributed by atoms with E-state index in [1.807, 2.05) is 0 Å². The van der Waals surface area contributed by atoms with E-state index in [1.54, 1.807) is 0 Å². The molecule has 3 atom stereocenters. The zero-order valence-electron chi connectivity index (χ0n) is 7.12. The Labute approximate surface area is 74.9 Å². The molecule has 0 aromatic heterocycles. The quantitative estimate of drug-likeness (QED) is 0.337. The second-order valence-electron chi connectivity index (χ2n) is 2.99. The molecule has 0 bridgehead atoms. The molecule has 13 heavy (non-hydrogen) atoms. The van der Waals surface area contributed by atoms with E-state index in [-0.39, 0.29) is 0 Å². The lowest BCUT2D eigenvalue weighted by Crippen LogP contribution is -2.59. The highest BCUT2D eigenvalue weighted by Crippen LogP contribution is 2.19. The van der Waals surface area contributed by atoms with Crippen LogP contribution in [0.1, 0.15) is 6.92 Å². The van der Waals surface area contributed by atoms with Gasteiger partial charge in [0, 0.05) is 17.2 Å². The van der Waals surface area contributed by atoms with E-state index in [4.69, 9.17) is 5.73 Å². The molecular weight excluding hydrogens is 174 g/mol. The normalized spacial score (nSPS) is 34.5. The van der Waals surface area contributed by atoms with Gasteiger partial charge in [-0.15, -0.1) is 0 Å². The summed E-state index contributed by atoms with van der Waals surface area (Å²) in [5.74, 6) is 0. The van der Waals surface area contributed by atoms with Gasteiger partial charge in [0.1, 0.15) is 0 Å². The summed E-state index contributed by atoms with van der Waals surface area (Å²) in [6.07, 6.45) is 3.09. The molecule has 1 aliphatic rings. The fourth-order valence-corrected chi connectivity index (χ4v) is 1.24. The van der Waals surface area contributed by atoms with E-state index in [1.165, 1.54) is 25.3 Å². The van der Waals surface area contributed by atoms with Crippen LogP contribution in [-0.2, 0) is 0 Å². The van der Waals surface area contributed by atoms with Crippen molar-refractivity contribution >= 4 is 6.21 Å². The number of aliphatic hydroxyl groups excluding tert-OH is 1. The highest BCUT2D eigenvalue weighted by molar-refractivity contribution is 5.73. The Kier molecular flexibility index (Phi) is 2.44. The summed E-state index contributed by atoms with van der Waals surface area (Å²) in [7, 11) is 0. The molecule has 3 N–H and O–H groups in total. The molecule has 6 heteroatoms. The second kappa shape index (κ2) is 3.23. The van der Waals surface area contributed by atoms with E-state index in [9.17, 15) is 15.2 Å². The zero-order valence-corrected chi connectivity index (χ0v) is 7.12. The maximum Gasteiger partial charge on any atom is 0.316 e. The Morgan fingerprint density at radius 3 is 2.85 bits per heavy atom. The molecule has 0 aromatic carbocycles. The van der Waals surface area contributed by atoms with Crippen molar-refractivity contribution in [2.75, 3.05) is 0 Å². The molecule has 1 heterocycles. The lowest BCUT2D eigenvalue weighted by molar-refractivity contribution is -0.559. The van der Waals surface area contributed by atoms with Gasteiger partial charge in [0.05, 0.1) is 6.10 Å². The van der Waals surface area contributed by atoms with Gasteiger partial charge in [-0.05, 0) is 13.0 Å². The highest BCUT2D eigenvalue weighted by atomic mass is 16.6. The van der Waals surface area contributed by atoms with E-state index >= 15 is 0 Å². The molecule has 72 valence electrons. The van der Waals surface area contributed by atoms with E-state index < -0.39 is 22.7 Å². The molecule has 0 saturated heterocycles. The fourth-order valence-electron chi connectivity index (χ4n) is 1.24. The number of aliphatic hydroxyl groups is 1. The summed E-state index contributed by atoms with van der Waals surface area (Å²) in [5.41, 5.74) is 3.70. The monoisotopic (exact) mass is 185 g/mol. The van der Waals surface area contributed by atoms with Gasteiger partial charge in [0.25, 0.3) is 0 Å². The predicted octanol–water partition coefficient (Wildman–Crippen LogP) is -0.692. The SMILES string of the molecule is CC(O)C1N=CC=CC1(N)[N+](=O)[O-]. The van der Waals surface area contributed by atoms with Gasteiger partial charge in [0.15, 0.2) is 6.04 Å². The number of hydrogen-bond donors (Lipinski definition) is 2. The number of rotatable bonds is 2. The van der Waals surface area contributed by atoms with Gasteiger partial charge in [-0.3, -0.25) is 20.8 Å². The molecule has 0 fully saturated rings. The first-order chi connectivity index (χ1) is 5.98. The van der Waals surface area contributed by atoms with Crippen LogP contribution in [0.15, 0.2) is 17.1 Å². The van der Waals surface area contributed by atoms with Crippen molar-refractivity contribution in [1.29, 1.82) is 0 Å². The number of allylic oxidation sites excluding steroid dienone is 1. The molecular formula is C7H11N3O3. The van der Waals surface area contributed by atoms with Gasteiger partial charge < -0.3 is 5.11 Å². The van der Waals surface area contributed by atoms with Crippen LogP contribution >= 0.6 is 0 Å². The fraction of sp³-hybridized carbons (Fsp3) is 0.571. The largest absolute Gasteiger partial charge is 0.391 e. The minimum Gasteiger partial charge on any atom is -0.391 e. The van der Waals surface area contributed by atoms with Crippen LogP contribution < -0.4 is 5.73 Å². The molecule has 1 aliphatic heterocycles. The third kappa shape index (κ3) is 1.58. The standard InChI is InChI=1S/C7H11N3O3/c1-5(11)6-7(8,10(12)13)3-2-4-9-6/h2-6,11H,8H2,1H3. The molecule has 6 nitrogen and oxygen atoms in total. The van der Waals surface area contributed by atoms with Gasteiger partial charge in [-0.2, -0.15) is 0 Å². The van der Waals surface area contributed by atoms with Crippen LogP contribution in [0, 0.1) is 10.1 Å². The molecule has 3 unspecified atom stereocenters. The first-order valence-corrected chi connectivity index (χ1v) is 3.81. The summed E-state index contributed by atoms with van der Waals surface area (Å²) < 4.78 is 0. The van der Waals surface area contributed by atoms with Crippen molar-refractivity contribution in [3.8, 4) is 0 Å². The number of nitrogens with zero attached hydrogens (tertiary/aromatic N) is 2. The summed E-state index contributed by atoms with van der Waals surface area (Å²) in [6.45, 7) is 1.42. The van der Waals surface area contributed by atoms with Crippen molar-refractivity contribution in [2.45, 2.75) is 24.7 Å². The Balaban J connectivity index is 3.00. The van der Waals surface area contributed by atoms with Gasteiger partial charge in [0.2, 0.25) is 0 Å². The molecule has 0 amide bonds. The van der Waals surface area contributed by atoms with Crippen LogP contribution in [0.2, 0.25) is 0 Å². The van der Waals surface area contributed by atoms with Gasteiger partial charge in [-0.1, -0.05) is 0 Å². The summed E-state index contributed by atoms with van der Waals surface area (Å²) in [6, 6.07) is -0.924. The van der Waals surface area contributed by atoms with Crippen molar-refractivity contribution in [1.82, 2.24) is 0 Å². The van der Waals surface area contributed by atoms with Crippen molar-refractivity contribution < 1.29 is 10.0 Å². The summed E-state index contributed by atoms with van der Waals surface area (Å²) in [5, 5.41) is 19.9. The summed E-state index contributed by atoms with van der Waals surface area (Å²) in [4.78, 5) is 13.8. The zero-order chi connectivity index (χ0) is 10.1. The lowest BCUT2D eigenvalue weighted by Gasteiger charge is -2.27. The maximum absolute atomic E-state index is 10.6. The first kappa shape index (κ1) is 9.82. The van der Waals surface area contributed by atoms with Gasteiger partial charge in [-0.25, -0.2) is 0 Å². The predicted molar refractivity (Wildman–Crippen MR) is 47.0 cm³/mol. The highest BCUT2D eigenvalue weighted by Gasteiger charge is 2.47. The lowest BCUT2D eigenvalue weighted by atomic mass is 9.95. The average molecular weight is 185 g/mol. The van der Waals surface area contributed by atoms with Crippen LogP contribution in [0.4, 0.5) is 0 Å². The number of nitro groups is 1. The van der Waals surface area contributed by atoms with Gasteiger partial charge >= 0.3 is 5.66 Å². The Hall–Kier alpha value is -1.27. The molecule has 0 saturated carbocycles. The average Bonchev–Trinajstić information content (AvgIpc) is 2.04. The minimum atomic E-state index is -1.79. The van der Waals surface area contributed by atoms with E-state index in [0.717, 1.165) is 0 Å². The third-order valence-electron chi connectivity index (χ3n) is 1.94. The molecule has 0 spiro atoms. The van der Waals surface area contributed by atoms with Crippen molar-refractivity contribution in [3.05, 3.63) is 22.3 Å². The second-order valence-corrected chi connectivity index (χ2v) is 2.99. The van der Waals surface area contributed by atoms with Crippen molar-refractivity contribution in [2.24, 2.45) is 10.7 Å². The number of nitrogens with two attached hydrogens (primary N) is 1. The molecule has 1 rings (SSSR count). The maximum atomic E-state index is 10.6. The molecule has 0 aliphatic carbocycles. The molecule has 0 aromatic rings. The molecule has 0 radical (unpaired) electrons. The smallest absolute Gasteiger partial charge is 0.316 e. The Bertz CT molecular complexity index is 274. The Morgan fingerprint density at radius 2 is 2.46 bits per heavy atom. The van der Waals surface area contributed by atoms with Crippen LogP contribution in [0.25, 0.3) is 0 Å². The number of dihydropyridines is 1. The topological polar surface area (TPSA) is 102 Å². The van der Waals surface area contributed by atoms with Crippen LogP contribution in [0.5, 0.6) is 0 Å². The van der Waals surface area contributed by atoms with E-state index in [2.05, 4.69) is 4.99 Å². The summed E-state index contributed by atoms with van der Waals surface area (Å²) >= 11 is 0.